The zero-order valence-electron chi connectivity index (χ0n) is 10.4. The molecule has 1 aromatic carbocycles. The molecule has 2 rings (SSSR count). The van der Waals surface area contributed by atoms with Crippen molar-refractivity contribution in [1.29, 1.82) is 0 Å². The maximum absolute atomic E-state index is 5.56. The van der Waals surface area contributed by atoms with Gasteiger partial charge in [-0.2, -0.15) is 0 Å². The molecule has 0 unspecified atom stereocenters. The van der Waals surface area contributed by atoms with Gasteiger partial charge >= 0.3 is 0 Å². The van der Waals surface area contributed by atoms with Crippen LogP contribution in [-0.4, -0.2) is 0 Å². The Balaban J connectivity index is 2.15. The molecule has 1 N–H and O–H groups in total. The highest BCUT2D eigenvalue weighted by atomic mass is 79.9. The van der Waals surface area contributed by atoms with E-state index in [1.54, 1.807) is 0 Å². The summed E-state index contributed by atoms with van der Waals surface area (Å²) in [5, 5.41) is 3.45. The second-order valence-corrected chi connectivity index (χ2v) is 5.73. The number of halogens is 2. The highest BCUT2D eigenvalue weighted by Crippen LogP contribution is 2.28. The van der Waals surface area contributed by atoms with E-state index in [-0.39, 0.29) is 0 Å². The van der Waals surface area contributed by atoms with Gasteiger partial charge in [-0.05, 0) is 62.4 Å². The fourth-order valence-corrected chi connectivity index (χ4v) is 2.59. The van der Waals surface area contributed by atoms with Crippen molar-refractivity contribution in [2.75, 3.05) is 5.32 Å². The molecule has 96 valence electrons. The number of benzene rings is 1. The fourth-order valence-electron chi connectivity index (χ4n) is 1.93. The average Bonchev–Trinajstić information content (AvgIpc) is 2.67. The maximum atomic E-state index is 5.56. The van der Waals surface area contributed by atoms with Crippen molar-refractivity contribution >= 4 is 37.5 Å². The lowest BCUT2D eigenvalue weighted by molar-refractivity contribution is 0.494. The topological polar surface area (TPSA) is 25.2 Å². The number of rotatable bonds is 4. The molecule has 2 nitrogen and oxygen atoms in total. The van der Waals surface area contributed by atoms with Crippen molar-refractivity contribution in [1.82, 2.24) is 0 Å². The molecule has 2 aromatic rings. The first-order valence-electron chi connectivity index (χ1n) is 5.88. The zero-order valence-corrected chi connectivity index (χ0v) is 13.6. The summed E-state index contributed by atoms with van der Waals surface area (Å²) in [4.78, 5) is 0. The van der Waals surface area contributed by atoms with Gasteiger partial charge in [0.2, 0.25) is 0 Å². The molecule has 0 fully saturated rings. The molecule has 18 heavy (non-hydrogen) atoms. The molecular formula is C14H15Br2NO. The predicted molar refractivity (Wildman–Crippen MR) is 82.0 cm³/mol. The molecule has 0 aliphatic carbocycles. The van der Waals surface area contributed by atoms with E-state index in [9.17, 15) is 0 Å². The third-order valence-electron chi connectivity index (χ3n) is 2.88. The Bertz CT molecular complexity index is 529. The molecule has 0 spiro atoms. The Labute approximate surface area is 124 Å². The van der Waals surface area contributed by atoms with E-state index in [2.05, 4.69) is 69.2 Å². The third kappa shape index (κ3) is 2.98. The van der Waals surface area contributed by atoms with E-state index >= 15 is 0 Å². The van der Waals surface area contributed by atoms with E-state index in [1.807, 2.05) is 6.07 Å². The van der Waals surface area contributed by atoms with Gasteiger partial charge in [0, 0.05) is 5.69 Å². The van der Waals surface area contributed by atoms with E-state index in [4.69, 9.17) is 4.42 Å². The number of para-hydroxylation sites is 1. The SMILES string of the molecule is CCc1cccc(C)c1NCc1cc(Br)c(Br)o1. The van der Waals surface area contributed by atoms with Crippen molar-refractivity contribution in [2.45, 2.75) is 26.8 Å². The van der Waals surface area contributed by atoms with Crippen molar-refractivity contribution < 1.29 is 4.42 Å². The summed E-state index contributed by atoms with van der Waals surface area (Å²) in [5.41, 5.74) is 3.81. The van der Waals surface area contributed by atoms with Crippen LogP contribution in [-0.2, 0) is 13.0 Å². The first-order chi connectivity index (χ1) is 8.61. The first-order valence-corrected chi connectivity index (χ1v) is 7.46. The molecule has 1 heterocycles. The molecule has 0 saturated heterocycles. The summed E-state index contributed by atoms with van der Waals surface area (Å²) in [6, 6.07) is 8.35. The van der Waals surface area contributed by atoms with E-state index in [0.717, 1.165) is 21.3 Å². The third-order valence-corrected chi connectivity index (χ3v) is 4.59. The second kappa shape index (κ2) is 5.93. The number of hydrogen-bond acceptors (Lipinski definition) is 2. The van der Waals surface area contributed by atoms with Crippen LogP contribution in [0.2, 0.25) is 0 Å². The quantitative estimate of drug-likeness (QED) is 0.788. The number of furan rings is 1. The molecule has 4 heteroatoms. The van der Waals surface area contributed by atoms with Gasteiger partial charge in [-0.3, -0.25) is 0 Å². The number of hydrogen-bond donors (Lipinski definition) is 1. The number of nitrogens with one attached hydrogen (secondary N) is 1. The smallest absolute Gasteiger partial charge is 0.183 e. The van der Waals surface area contributed by atoms with Crippen LogP contribution in [0.4, 0.5) is 5.69 Å². The molecule has 0 saturated carbocycles. The summed E-state index contributed by atoms with van der Waals surface area (Å²) in [6.45, 7) is 4.97. The lowest BCUT2D eigenvalue weighted by Crippen LogP contribution is -2.03. The molecule has 0 amide bonds. The first kappa shape index (κ1) is 13.7. The summed E-state index contributed by atoms with van der Waals surface area (Å²) in [6.07, 6.45) is 1.02. The second-order valence-electron chi connectivity index (χ2n) is 4.15. The maximum Gasteiger partial charge on any atom is 0.183 e. The molecule has 0 aliphatic heterocycles. The Morgan fingerprint density at radius 1 is 1.28 bits per heavy atom. The predicted octanol–water partition coefficient (Wildman–Crippen LogP) is 5.29. The van der Waals surface area contributed by atoms with Crippen LogP contribution in [0.5, 0.6) is 0 Å². The summed E-state index contributed by atoms with van der Waals surface area (Å²) in [5.74, 6) is 0.902. The van der Waals surface area contributed by atoms with Crippen LogP contribution in [0.15, 0.2) is 37.8 Å². The lowest BCUT2D eigenvalue weighted by Gasteiger charge is -2.12. The van der Waals surface area contributed by atoms with Crippen molar-refractivity contribution in [3.05, 3.63) is 50.3 Å². The number of anilines is 1. The van der Waals surface area contributed by atoms with Gasteiger partial charge in [-0.1, -0.05) is 25.1 Å². The van der Waals surface area contributed by atoms with Gasteiger partial charge in [0.15, 0.2) is 4.67 Å². The van der Waals surface area contributed by atoms with Gasteiger partial charge < -0.3 is 9.73 Å². The average molecular weight is 373 g/mol. The summed E-state index contributed by atoms with van der Waals surface area (Å²) in [7, 11) is 0. The van der Waals surface area contributed by atoms with Gasteiger partial charge in [-0.25, -0.2) is 0 Å². The van der Waals surface area contributed by atoms with Crippen LogP contribution >= 0.6 is 31.9 Å². The largest absolute Gasteiger partial charge is 0.451 e. The van der Waals surface area contributed by atoms with Crippen molar-refractivity contribution in [3.63, 3.8) is 0 Å². The van der Waals surface area contributed by atoms with Gasteiger partial charge in [0.1, 0.15) is 5.76 Å². The fraction of sp³-hybridized carbons (Fsp3) is 0.286. The molecule has 0 bridgehead atoms. The molecule has 0 radical (unpaired) electrons. The monoisotopic (exact) mass is 371 g/mol. The molecular weight excluding hydrogens is 358 g/mol. The van der Waals surface area contributed by atoms with Crippen LogP contribution in [0.3, 0.4) is 0 Å². The van der Waals surface area contributed by atoms with Crippen LogP contribution in [0.25, 0.3) is 0 Å². The molecule has 0 aliphatic rings. The summed E-state index contributed by atoms with van der Waals surface area (Å²) < 4.78 is 7.24. The Morgan fingerprint density at radius 3 is 2.67 bits per heavy atom. The van der Waals surface area contributed by atoms with Crippen molar-refractivity contribution in [2.24, 2.45) is 0 Å². The van der Waals surface area contributed by atoms with E-state index < -0.39 is 0 Å². The number of aryl methyl sites for hydroxylation is 2. The Morgan fingerprint density at radius 2 is 2.06 bits per heavy atom. The van der Waals surface area contributed by atoms with Crippen molar-refractivity contribution in [3.8, 4) is 0 Å². The highest BCUT2D eigenvalue weighted by molar-refractivity contribution is 9.13. The van der Waals surface area contributed by atoms with Crippen LogP contribution in [0.1, 0.15) is 23.8 Å². The standard InChI is InChI=1S/C14H15Br2NO/c1-3-10-6-4-5-9(2)13(10)17-8-11-7-12(15)14(16)18-11/h4-7,17H,3,8H2,1-2H3. The van der Waals surface area contributed by atoms with E-state index in [1.165, 1.54) is 16.8 Å². The molecule has 1 aromatic heterocycles. The Hall–Kier alpha value is -0.740. The minimum Gasteiger partial charge on any atom is -0.451 e. The molecule has 0 atom stereocenters. The van der Waals surface area contributed by atoms with Gasteiger partial charge in [0.25, 0.3) is 0 Å². The van der Waals surface area contributed by atoms with Crippen LogP contribution in [0, 0.1) is 6.92 Å². The minimum atomic E-state index is 0.683. The lowest BCUT2D eigenvalue weighted by atomic mass is 10.1. The van der Waals surface area contributed by atoms with E-state index in [0.29, 0.717) is 6.54 Å². The minimum absolute atomic E-state index is 0.683. The Kier molecular flexibility index (Phi) is 4.51. The highest BCUT2D eigenvalue weighted by Gasteiger charge is 2.08. The van der Waals surface area contributed by atoms with Crippen LogP contribution < -0.4 is 5.32 Å². The zero-order chi connectivity index (χ0) is 13.1. The summed E-state index contributed by atoms with van der Waals surface area (Å²) >= 11 is 6.76. The normalized spacial score (nSPS) is 10.7. The van der Waals surface area contributed by atoms with Gasteiger partial charge in [-0.15, -0.1) is 0 Å². The van der Waals surface area contributed by atoms with Gasteiger partial charge in [0.05, 0.1) is 11.0 Å².